The van der Waals surface area contributed by atoms with Crippen LogP contribution in [0.2, 0.25) is 5.02 Å². The van der Waals surface area contributed by atoms with E-state index in [9.17, 15) is 9.90 Å². The van der Waals surface area contributed by atoms with Crippen molar-refractivity contribution < 1.29 is 19.4 Å². The number of unbranched alkanes of at least 4 members (excludes halogenated alkanes) is 1. The van der Waals surface area contributed by atoms with Crippen LogP contribution in [-0.4, -0.2) is 73.0 Å². The summed E-state index contributed by atoms with van der Waals surface area (Å²) in [6.07, 6.45) is 15.0. The molecule has 1 heterocycles. The number of rotatable bonds is 13. The van der Waals surface area contributed by atoms with Gasteiger partial charge in [0.05, 0.1) is 12.2 Å². The molecule has 1 amide bonds. The van der Waals surface area contributed by atoms with Crippen molar-refractivity contribution in [3.05, 3.63) is 64.2 Å². The Morgan fingerprint density at radius 1 is 1.23 bits per heavy atom. The molecule has 0 spiro atoms. The number of carbonyl (C=O) groups is 1. The van der Waals surface area contributed by atoms with Gasteiger partial charge in [-0.1, -0.05) is 63.1 Å². The Bertz CT molecular complexity index is 1020. The van der Waals surface area contributed by atoms with E-state index < -0.39 is 0 Å². The van der Waals surface area contributed by atoms with Crippen molar-refractivity contribution >= 4 is 17.5 Å². The number of carbonyl (C=O) groups excluding carboxylic acids is 1. The molecule has 0 fully saturated rings. The molecule has 3 rings (SSSR count). The lowest BCUT2D eigenvalue weighted by Gasteiger charge is -2.32. The van der Waals surface area contributed by atoms with Gasteiger partial charge in [0.2, 0.25) is 5.91 Å². The van der Waals surface area contributed by atoms with Crippen molar-refractivity contribution in [1.82, 2.24) is 9.80 Å². The van der Waals surface area contributed by atoms with Crippen molar-refractivity contribution in [2.75, 3.05) is 46.6 Å². The van der Waals surface area contributed by atoms with Crippen LogP contribution in [0, 0.1) is 5.92 Å². The summed E-state index contributed by atoms with van der Waals surface area (Å²) < 4.78 is 11.2. The zero-order valence-corrected chi connectivity index (χ0v) is 26.3. The fourth-order valence-corrected chi connectivity index (χ4v) is 5.42. The molecule has 0 saturated carbocycles. The standard InChI is InChI=1S/C25H34ClNO2.C8H17NO2/c1-4-27(17-19(2)15-21-16-22(28)11-12-24(21)26)14-13-25(3)23-10-8-6-5-7-9-20(23)18-29-25;1-4-5-6-9(7-11-3)8(2)10/h6-9,11-12,16,19,28H,4-5,10,13-15,17-18H2,1-3H3;4-7H2,1-3H3/b8-6?,9-7-;. The number of methoxy groups -OCH3 is 1. The van der Waals surface area contributed by atoms with Crippen LogP contribution in [0.4, 0.5) is 0 Å². The molecule has 0 saturated heterocycles. The molecular weight excluding hydrogens is 524 g/mol. The van der Waals surface area contributed by atoms with Gasteiger partial charge in [0.25, 0.3) is 0 Å². The quantitative estimate of drug-likeness (QED) is 0.200. The number of hydrogen-bond donors (Lipinski definition) is 1. The second kappa shape index (κ2) is 17.6. The number of amides is 1. The first-order chi connectivity index (χ1) is 19.1. The lowest BCUT2D eigenvalue weighted by atomic mass is 9.87. The molecule has 2 aliphatic rings. The molecule has 224 valence electrons. The number of halogens is 1. The Hall–Kier alpha value is -2.12. The van der Waals surface area contributed by atoms with Gasteiger partial charge in [-0.15, -0.1) is 0 Å². The minimum Gasteiger partial charge on any atom is -0.508 e. The van der Waals surface area contributed by atoms with Crippen molar-refractivity contribution in [2.24, 2.45) is 5.92 Å². The molecule has 1 aliphatic heterocycles. The van der Waals surface area contributed by atoms with Gasteiger partial charge in [-0.2, -0.15) is 0 Å². The molecule has 40 heavy (non-hydrogen) atoms. The number of phenols is 1. The number of allylic oxidation sites excluding steroid dienone is 3. The molecule has 1 N–H and O–H groups in total. The smallest absolute Gasteiger partial charge is 0.221 e. The van der Waals surface area contributed by atoms with Crippen molar-refractivity contribution in [3.8, 4) is 5.75 Å². The summed E-state index contributed by atoms with van der Waals surface area (Å²) in [5.41, 5.74) is 3.66. The lowest BCUT2D eigenvalue weighted by Crippen LogP contribution is -2.36. The van der Waals surface area contributed by atoms with Crippen LogP contribution in [0.25, 0.3) is 0 Å². The van der Waals surface area contributed by atoms with E-state index in [1.54, 1.807) is 37.1 Å². The fraction of sp³-hybridized carbons (Fsp3) is 0.606. The number of ether oxygens (including phenoxy) is 2. The first kappa shape index (κ1) is 34.1. The molecule has 6 nitrogen and oxygen atoms in total. The van der Waals surface area contributed by atoms with E-state index in [1.165, 1.54) is 11.1 Å². The summed E-state index contributed by atoms with van der Waals surface area (Å²) in [5.74, 6) is 0.815. The van der Waals surface area contributed by atoms with Gasteiger partial charge in [0.1, 0.15) is 12.5 Å². The SMILES string of the molecule is CCCCN(COC)C(C)=O.CCN(CCC1(C)OCC2=C1CC=CC/C=C\2)CC(C)Cc1cc(O)ccc1Cl. The Labute approximate surface area is 247 Å². The summed E-state index contributed by atoms with van der Waals surface area (Å²) in [6, 6.07) is 5.20. The summed E-state index contributed by atoms with van der Waals surface area (Å²) in [7, 11) is 1.60. The Kier molecular flexibility index (Phi) is 15.0. The third kappa shape index (κ3) is 11.0. The predicted molar refractivity (Wildman–Crippen MR) is 166 cm³/mol. The highest BCUT2D eigenvalue weighted by atomic mass is 35.5. The van der Waals surface area contributed by atoms with Gasteiger partial charge in [0.15, 0.2) is 0 Å². The number of benzene rings is 1. The Morgan fingerprint density at radius 3 is 2.67 bits per heavy atom. The zero-order chi connectivity index (χ0) is 29.5. The van der Waals surface area contributed by atoms with Crippen LogP contribution in [0.1, 0.15) is 72.3 Å². The number of nitrogens with zero attached hydrogens (tertiary/aromatic N) is 2. The predicted octanol–water partition coefficient (Wildman–Crippen LogP) is 7.17. The highest BCUT2D eigenvalue weighted by Crippen LogP contribution is 2.38. The molecule has 1 aromatic carbocycles. The van der Waals surface area contributed by atoms with Crippen molar-refractivity contribution in [1.29, 1.82) is 0 Å². The minimum atomic E-state index is -0.174. The van der Waals surface area contributed by atoms with Gasteiger partial charge in [0, 0.05) is 38.7 Å². The van der Waals surface area contributed by atoms with Crippen molar-refractivity contribution in [2.45, 2.75) is 78.7 Å². The van der Waals surface area contributed by atoms with Gasteiger partial charge in [-0.25, -0.2) is 0 Å². The van der Waals surface area contributed by atoms with Crippen LogP contribution in [0.5, 0.6) is 5.75 Å². The average molecular weight is 575 g/mol. The summed E-state index contributed by atoms with van der Waals surface area (Å²) in [5, 5.41) is 10.5. The fourth-order valence-electron chi connectivity index (χ4n) is 5.22. The minimum absolute atomic E-state index is 0.0836. The maximum atomic E-state index is 10.9. The molecule has 0 aromatic heterocycles. The average Bonchev–Trinajstić information content (AvgIpc) is 3.20. The van der Waals surface area contributed by atoms with Gasteiger partial charge >= 0.3 is 0 Å². The zero-order valence-electron chi connectivity index (χ0n) is 25.5. The summed E-state index contributed by atoms with van der Waals surface area (Å²) in [4.78, 5) is 15.1. The van der Waals surface area contributed by atoms with Crippen LogP contribution in [0.3, 0.4) is 0 Å². The molecule has 1 aliphatic carbocycles. The topological polar surface area (TPSA) is 62.2 Å². The van der Waals surface area contributed by atoms with E-state index >= 15 is 0 Å². The van der Waals surface area contributed by atoms with Gasteiger partial charge < -0.3 is 24.4 Å². The molecule has 0 radical (unpaired) electrons. The maximum Gasteiger partial charge on any atom is 0.221 e. The summed E-state index contributed by atoms with van der Waals surface area (Å²) in [6.45, 7) is 15.4. The third-order valence-electron chi connectivity index (χ3n) is 7.68. The monoisotopic (exact) mass is 574 g/mol. The number of hydrogen-bond acceptors (Lipinski definition) is 5. The molecule has 0 bridgehead atoms. The first-order valence-electron chi connectivity index (χ1n) is 14.8. The number of phenolic OH excluding ortho intramolecular Hbond substituents is 1. The molecule has 7 heteroatoms. The highest BCUT2D eigenvalue weighted by molar-refractivity contribution is 6.31. The maximum absolute atomic E-state index is 10.9. The normalized spacial score (nSPS) is 19.9. The van der Waals surface area contributed by atoms with E-state index in [0.29, 0.717) is 12.6 Å². The van der Waals surface area contributed by atoms with Gasteiger partial charge in [-0.3, -0.25) is 4.79 Å². The van der Waals surface area contributed by atoms with E-state index in [2.05, 4.69) is 56.9 Å². The van der Waals surface area contributed by atoms with Crippen LogP contribution >= 0.6 is 11.6 Å². The highest BCUT2D eigenvalue weighted by Gasteiger charge is 2.36. The Morgan fingerprint density at radius 2 is 2.00 bits per heavy atom. The second-order valence-electron chi connectivity index (χ2n) is 11.1. The first-order valence-corrected chi connectivity index (χ1v) is 15.1. The van der Waals surface area contributed by atoms with E-state index in [-0.39, 0.29) is 17.3 Å². The van der Waals surface area contributed by atoms with Crippen LogP contribution in [-0.2, 0) is 20.7 Å². The Balaban J connectivity index is 0.000000432. The third-order valence-corrected chi connectivity index (χ3v) is 8.05. The molecule has 1 aromatic rings. The number of aromatic hydroxyl groups is 1. The summed E-state index contributed by atoms with van der Waals surface area (Å²) >= 11 is 6.31. The molecule has 2 atom stereocenters. The molecular formula is C33H51ClN2O4. The second-order valence-corrected chi connectivity index (χ2v) is 11.5. The van der Waals surface area contributed by atoms with E-state index in [4.69, 9.17) is 21.1 Å². The van der Waals surface area contributed by atoms with Crippen LogP contribution < -0.4 is 0 Å². The van der Waals surface area contributed by atoms with Crippen molar-refractivity contribution in [3.63, 3.8) is 0 Å². The lowest BCUT2D eigenvalue weighted by molar-refractivity contribution is -0.133. The van der Waals surface area contributed by atoms with Crippen LogP contribution in [0.15, 0.2) is 53.6 Å². The molecule has 2 unspecified atom stereocenters. The van der Waals surface area contributed by atoms with E-state index in [0.717, 1.165) is 81.9 Å². The largest absolute Gasteiger partial charge is 0.508 e. The van der Waals surface area contributed by atoms with E-state index in [1.807, 2.05) is 0 Å². The van der Waals surface area contributed by atoms with Gasteiger partial charge in [-0.05, 0) is 86.4 Å².